The van der Waals surface area contributed by atoms with Gasteiger partial charge >= 0.3 is 5.97 Å². The van der Waals surface area contributed by atoms with E-state index in [1.165, 1.54) is 6.92 Å². The summed E-state index contributed by atoms with van der Waals surface area (Å²) in [5, 5.41) is 0.0227. The highest BCUT2D eigenvalue weighted by molar-refractivity contribution is 6.74. The van der Waals surface area contributed by atoms with Gasteiger partial charge in [0.2, 0.25) is 0 Å². The molecule has 1 saturated heterocycles. The van der Waals surface area contributed by atoms with E-state index in [2.05, 4.69) is 33.9 Å². The van der Waals surface area contributed by atoms with Crippen LogP contribution in [0.3, 0.4) is 0 Å². The Labute approximate surface area is 145 Å². The molecule has 7 heteroatoms. The molecule has 1 aliphatic carbocycles. The standard InChI is InChI=1S/C17H30O6Si/c1-12(18)20-10-16-9-8-14(19)17(16,23-13(2)22-16)11-21-24(6,7)15(3,4)5/h13H,8-11H2,1-7H3/t13?,16-,17+/m0/s1. The van der Waals surface area contributed by atoms with E-state index < -0.39 is 31.8 Å². The van der Waals surface area contributed by atoms with E-state index in [0.29, 0.717) is 12.8 Å². The Hall–Kier alpha value is -0.763. The smallest absolute Gasteiger partial charge is 0.302 e. The third kappa shape index (κ3) is 3.19. The van der Waals surface area contributed by atoms with Crippen molar-refractivity contribution in [2.24, 2.45) is 0 Å². The lowest BCUT2D eigenvalue weighted by molar-refractivity contribution is -0.158. The SMILES string of the molecule is CC(=O)OC[C@@]12CCC(=O)[C@@]1(CO[Si](C)(C)C(C)(C)C)OC(C)O2. The van der Waals surface area contributed by atoms with Gasteiger partial charge < -0.3 is 18.6 Å². The number of hydrogen-bond donors (Lipinski definition) is 0. The van der Waals surface area contributed by atoms with Crippen LogP contribution < -0.4 is 0 Å². The fourth-order valence-electron chi connectivity index (χ4n) is 3.11. The number of hydrogen-bond acceptors (Lipinski definition) is 6. The second kappa shape index (κ2) is 6.19. The number of fused-ring (bicyclic) bond motifs is 1. The Bertz CT molecular complexity index is 526. The molecule has 6 nitrogen and oxygen atoms in total. The van der Waals surface area contributed by atoms with Crippen LogP contribution in [0.1, 0.15) is 47.5 Å². The molecule has 138 valence electrons. The van der Waals surface area contributed by atoms with Gasteiger partial charge in [-0.1, -0.05) is 20.8 Å². The number of carbonyl (C=O) groups is 2. The summed E-state index contributed by atoms with van der Waals surface area (Å²) in [6.07, 6.45) is 0.284. The van der Waals surface area contributed by atoms with E-state index in [1.807, 2.05) is 0 Å². The lowest BCUT2D eigenvalue weighted by atomic mass is 9.87. The van der Waals surface area contributed by atoms with Crippen LogP contribution in [-0.2, 0) is 28.2 Å². The van der Waals surface area contributed by atoms with E-state index in [-0.39, 0.29) is 24.0 Å². The molecule has 2 aliphatic rings. The first kappa shape index (κ1) is 19.6. The summed E-state index contributed by atoms with van der Waals surface area (Å²) in [6, 6.07) is 0. The zero-order chi connectivity index (χ0) is 18.4. The number of carbonyl (C=O) groups excluding carboxylic acids is 2. The van der Waals surface area contributed by atoms with Crippen LogP contribution in [0.2, 0.25) is 18.1 Å². The molecular weight excluding hydrogens is 328 g/mol. The maximum Gasteiger partial charge on any atom is 0.302 e. The highest BCUT2D eigenvalue weighted by Gasteiger charge is 2.69. The Morgan fingerprint density at radius 2 is 1.92 bits per heavy atom. The molecule has 0 radical (unpaired) electrons. The van der Waals surface area contributed by atoms with Gasteiger partial charge in [-0.3, -0.25) is 9.59 Å². The summed E-state index contributed by atoms with van der Waals surface area (Å²) in [5.74, 6) is -0.427. The maximum atomic E-state index is 12.7. The Kier molecular flexibility index (Phi) is 5.05. The number of esters is 1. The molecular formula is C17H30O6Si. The van der Waals surface area contributed by atoms with Crippen LogP contribution in [0, 0.1) is 0 Å². The van der Waals surface area contributed by atoms with Crippen molar-refractivity contribution in [2.45, 2.75) is 83.1 Å². The first-order chi connectivity index (χ1) is 10.9. The van der Waals surface area contributed by atoms with Gasteiger partial charge in [0.25, 0.3) is 0 Å². The van der Waals surface area contributed by atoms with Gasteiger partial charge in [0, 0.05) is 13.3 Å². The normalized spacial score (nSPS) is 33.6. The van der Waals surface area contributed by atoms with Gasteiger partial charge in [-0.2, -0.15) is 0 Å². The molecule has 0 aromatic rings. The highest BCUT2D eigenvalue weighted by Crippen LogP contribution is 2.50. The number of ether oxygens (including phenoxy) is 3. The average Bonchev–Trinajstić information content (AvgIpc) is 2.85. The molecule has 2 rings (SSSR count). The molecule has 1 heterocycles. The second-order valence-electron chi connectivity index (χ2n) is 8.38. The number of Topliss-reactive ketones (excluding diaryl/α,β-unsaturated/α-hetero) is 1. The lowest BCUT2D eigenvalue weighted by Crippen LogP contribution is -2.59. The van der Waals surface area contributed by atoms with Crippen molar-refractivity contribution >= 4 is 20.1 Å². The van der Waals surface area contributed by atoms with Gasteiger partial charge in [0.1, 0.15) is 12.2 Å². The first-order valence-electron chi connectivity index (χ1n) is 8.52. The largest absolute Gasteiger partial charge is 0.463 e. The molecule has 0 aromatic heterocycles. The van der Waals surface area contributed by atoms with E-state index in [0.717, 1.165) is 0 Å². The van der Waals surface area contributed by atoms with Gasteiger partial charge in [-0.25, -0.2) is 0 Å². The summed E-state index contributed by atoms with van der Waals surface area (Å²) in [7, 11) is -2.06. The van der Waals surface area contributed by atoms with Crippen LogP contribution in [-0.4, -0.2) is 50.8 Å². The maximum absolute atomic E-state index is 12.7. The molecule has 2 fully saturated rings. The Balaban J connectivity index is 2.27. The summed E-state index contributed by atoms with van der Waals surface area (Å²) in [6.45, 7) is 14.0. The quantitative estimate of drug-likeness (QED) is 0.556. The van der Waals surface area contributed by atoms with Crippen molar-refractivity contribution in [3.05, 3.63) is 0 Å². The van der Waals surface area contributed by atoms with Crippen molar-refractivity contribution in [2.75, 3.05) is 13.2 Å². The van der Waals surface area contributed by atoms with Crippen LogP contribution >= 0.6 is 0 Å². The summed E-state index contributed by atoms with van der Waals surface area (Å²) in [4.78, 5) is 24.0. The zero-order valence-corrected chi connectivity index (χ0v) is 16.9. The zero-order valence-electron chi connectivity index (χ0n) is 15.9. The van der Waals surface area contributed by atoms with Crippen molar-refractivity contribution < 1.29 is 28.2 Å². The van der Waals surface area contributed by atoms with Gasteiger partial charge in [-0.05, 0) is 31.5 Å². The molecule has 0 bridgehead atoms. The fraction of sp³-hybridized carbons (Fsp3) is 0.882. The summed E-state index contributed by atoms with van der Waals surface area (Å²) >= 11 is 0. The minimum atomic E-state index is -2.06. The predicted octanol–water partition coefficient (Wildman–Crippen LogP) is 2.80. The molecule has 3 atom stereocenters. The minimum absolute atomic E-state index is 0.0132. The molecule has 0 N–H and O–H groups in total. The van der Waals surface area contributed by atoms with E-state index in [1.54, 1.807) is 6.92 Å². The first-order valence-corrected chi connectivity index (χ1v) is 11.4. The topological polar surface area (TPSA) is 71.1 Å². The summed E-state index contributed by atoms with van der Waals surface area (Å²) in [5.41, 5.74) is -2.13. The third-order valence-corrected chi connectivity index (χ3v) is 10.1. The van der Waals surface area contributed by atoms with Gasteiger partial charge in [0.15, 0.2) is 26.0 Å². The highest BCUT2D eigenvalue weighted by atomic mass is 28.4. The third-order valence-electron chi connectivity index (χ3n) is 5.65. The van der Waals surface area contributed by atoms with Crippen molar-refractivity contribution in [3.8, 4) is 0 Å². The molecule has 1 unspecified atom stereocenters. The van der Waals surface area contributed by atoms with Crippen LogP contribution in [0.25, 0.3) is 0 Å². The predicted molar refractivity (Wildman–Crippen MR) is 91.1 cm³/mol. The summed E-state index contributed by atoms with van der Waals surface area (Å²) < 4.78 is 23.4. The monoisotopic (exact) mass is 358 g/mol. The van der Waals surface area contributed by atoms with Crippen LogP contribution in [0.4, 0.5) is 0 Å². The molecule has 24 heavy (non-hydrogen) atoms. The minimum Gasteiger partial charge on any atom is -0.463 e. The van der Waals surface area contributed by atoms with Crippen molar-refractivity contribution in [1.29, 1.82) is 0 Å². The molecule has 0 spiro atoms. The Morgan fingerprint density at radius 3 is 2.46 bits per heavy atom. The lowest BCUT2D eigenvalue weighted by Gasteiger charge is -2.41. The average molecular weight is 359 g/mol. The fourth-order valence-corrected chi connectivity index (χ4v) is 4.11. The molecule has 1 saturated carbocycles. The number of ketones is 1. The van der Waals surface area contributed by atoms with Crippen LogP contribution in [0.15, 0.2) is 0 Å². The molecule has 0 aromatic carbocycles. The van der Waals surface area contributed by atoms with Crippen molar-refractivity contribution in [3.63, 3.8) is 0 Å². The van der Waals surface area contributed by atoms with E-state index in [4.69, 9.17) is 18.6 Å². The number of rotatable bonds is 5. The molecule has 1 aliphatic heterocycles. The van der Waals surface area contributed by atoms with E-state index >= 15 is 0 Å². The van der Waals surface area contributed by atoms with E-state index in [9.17, 15) is 9.59 Å². The van der Waals surface area contributed by atoms with Crippen LogP contribution in [0.5, 0.6) is 0 Å². The van der Waals surface area contributed by atoms with Gasteiger partial charge in [0.05, 0.1) is 6.61 Å². The second-order valence-corrected chi connectivity index (χ2v) is 13.2. The van der Waals surface area contributed by atoms with Gasteiger partial charge in [-0.15, -0.1) is 0 Å². The Morgan fingerprint density at radius 1 is 1.29 bits per heavy atom. The molecule has 0 amide bonds. The van der Waals surface area contributed by atoms with Crippen molar-refractivity contribution in [1.82, 2.24) is 0 Å².